The van der Waals surface area contributed by atoms with Crippen molar-refractivity contribution in [3.05, 3.63) is 73.6 Å². The Kier molecular flexibility index (Phi) is 4.74. The monoisotopic (exact) mass is 449 g/mol. The molecule has 0 unspecified atom stereocenters. The average molecular weight is 449 g/mol. The van der Waals surface area contributed by atoms with Crippen molar-refractivity contribution < 1.29 is 9.72 Å². The first-order valence-corrected chi connectivity index (χ1v) is 8.27. The van der Waals surface area contributed by atoms with E-state index >= 15 is 0 Å². The molecule has 1 amide bonds. The summed E-state index contributed by atoms with van der Waals surface area (Å²) in [5.74, 6) is -0.392. The summed E-state index contributed by atoms with van der Waals surface area (Å²) < 4.78 is 2.39. The highest BCUT2D eigenvalue weighted by molar-refractivity contribution is 14.1. The lowest BCUT2D eigenvalue weighted by Crippen LogP contribution is -2.14. The summed E-state index contributed by atoms with van der Waals surface area (Å²) in [6.07, 6.45) is 0. The third-order valence-corrected chi connectivity index (χ3v) is 4.15. The fourth-order valence-corrected chi connectivity index (χ4v) is 2.82. The molecule has 126 valence electrons. The van der Waals surface area contributed by atoms with Gasteiger partial charge in [0, 0.05) is 21.4 Å². The standard InChI is InChI=1S/C16H12IN5O3/c1-10-15(16(23)18-12-5-2-4-11(17)8-12)19-20-21(10)13-6-3-7-14(9-13)22(24)25/h2-9H,1H3,(H,18,23). The SMILES string of the molecule is Cc1c(C(=O)Nc2cccc(I)c2)nnn1-c1cccc([N+](=O)[O-])c1. The summed E-state index contributed by atoms with van der Waals surface area (Å²) in [4.78, 5) is 22.9. The van der Waals surface area contributed by atoms with E-state index in [0.717, 1.165) is 3.57 Å². The Morgan fingerprint density at radius 2 is 2.00 bits per heavy atom. The maximum atomic E-state index is 12.4. The number of aromatic nitrogens is 3. The van der Waals surface area contributed by atoms with Gasteiger partial charge in [-0.2, -0.15) is 0 Å². The molecular weight excluding hydrogens is 437 g/mol. The summed E-state index contributed by atoms with van der Waals surface area (Å²) in [6.45, 7) is 1.68. The number of nitrogens with zero attached hydrogens (tertiary/aromatic N) is 4. The molecule has 0 aliphatic rings. The molecule has 0 aliphatic carbocycles. The zero-order valence-electron chi connectivity index (χ0n) is 13.0. The van der Waals surface area contributed by atoms with Gasteiger partial charge in [0.2, 0.25) is 0 Å². The molecule has 0 atom stereocenters. The molecule has 25 heavy (non-hydrogen) atoms. The Bertz CT molecular complexity index is 970. The molecule has 9 heteroatoms. The van der Waals surface area contributed by atoms with Crippen LogP contribution in [0, 0.1) is 20.6 Å². The van der Waals surface area contributed by atoms with Crippen molar-refractivity contribution in [2.45, 2.75) is 6.92 Å². The zero-order chi connectivity index (χ0) is 18.0. The average Bonchev–Trinajstić information content (AvgIpc) is 2.96. The molecule has 0 spiro atoms. The molecule has 1 N–H and O–H groups in total. The van der Waals surface area contributed by atoms with Gasteiger partial charge in [-0.1, -0.05) is 17.3 Å². The van der Waals surface area contributed by atoms with Crippen LogP contribution in [0.15, 0.2) is 48.5 Å². The van der Waals surface area contributed by atoms with E-state index < -0.39 is 10.8 Å². The number of carbonyl (C=O) groups is 1. The molecule has 8 nitrogen and oxygen atoms in total. The van der Waals surface area contributed by atoms with E-state index in [1.165, 1.54) is 16.8 Å². The number of nitro benzene ring substituents is 1. The van der Waals surface area contributed by atoms with E-state index in [1.807, 2.05) is 18.2 Å². The molecule has 1 aromatic heterocycles. The largest absolute Gasteiger partial charge is 0.321 e. The van der Waals surface area contributed by atoms with Crippen molar-refractivity contribution >= 4 is 39.9 Å². The molecule has 3 rings (SSSR count). The number of nitrogens with one attached hydrogen (secondary N) is 1. The predicted octanol–water partition coefficient (Wildman–Crippen LogP) is 3.34. The summed E-state index contributed by atoms with van der Waals surface area (Å²) in [5, 5.41) is 21.5. The van der Waals surface area contributed by atoms with Gasteiger partial charge in [-0.15, -0.1) is 5.10 Å². The van der Waals surface area contributed by atoms with Gasteiger partial charge in [0.25, 0.3) is 11.6 Å². The number of anilines is 1. The van der Waals surface area contributed by atoms with E-state index in [2.05, 4.69) is 38.2 Å². The lowest BCUT2D eigenvalue weighted by molar-refractivity contribution is -0.384. The Hall–Kier alpha value is -2.82. The van der Waals surface area contributed by atoms with E-state index in [1.54, 1.807) is 25.1 Å². The number of halogens is 1. The number of amides is 1. The zero-order valence-corrected chi connectivity index (χ0v) is 15.2. The Morgan fingerprint density at radius 3 is 2.72 bits per heavy atom. The minimum absolute atomic E-state index is 0.0581. The number of hydrogen-bond acceptors (Lipinski definition) is 5. The van der Waals surface area contributed by atoms with Gasteiger partial charge < -0.3 is 5.32 Å². The van der Waals surface area contributed by atoms with Gasteiger partial charge in [-0.3, -0.25) is 14.9 Å². The van der Waals surface area contributed by atoms with Crippen LogP contribution in [0.2, 0.25) is 0 Å². The molecule has 0 fully saturated rings. The van der Waals surface area contributed by atoms with Crippen molar-refractivity contribution in [2.24, 2.45) is 0 Å². The number of rotatable bonds is 4. The van der Waals surface area contributed by atoms with Crippen LogP contribution in [0.25, 0.3) is 5.69 Å². The van der Waals surface area contributed by atoms with Crippen LogP contribution < -0.4 is 5.32 Å². The maximum Gasteiger partial charge on any atom is 0.278 e. The van der Waals surface area contributed by atoms with Gasteiger partial charge >= 0.3 is 0 Å². The van der Waals surface area contributed by atoms with Gasteiger partial charge in [0.1, 0.15) is 0 Å². The molecule has 0 saturated carbocycles. The smallest absolute Gasteiger partial charge is 0.278 e. The van der Waals surface area contributed by atoms with Crippen molar-refractivity contribution in [3.8, 4) is 5.69 Å². The second-order valence-corrected chi connectivity index (χ2v) is 6.42. The fraction of sp³-hybridized carbons (Fsp3) is 0.0625. The number of hydrogen-bond donors (Lipinski definition) is 1. The summed E-state index contributed by atoms with van der Waals surface area (Å²) in [5.41, 5.74) is 1.71. The van der Waals surface area contributed by atoms with E-state index in [0.29, 0.717) is 17.1 Å². The highest BCUT2D eigenvalue weighted by Crippen LogP contribution is 2.19. The number of nitro groups is 1. The molecular formula is C16H12IN5O3. The number of carbonyl (C=O) groups excluding carboxylic acids is 1. The van der Waals surface area contributed by atoms with Crippen LogP contribution in [0.4, 0.5) is 11.4 Å². The summed E-state index contributed by atoms with van der Waals surface area (Å²) in [7, 11) is 0. The molecule has 1 heterocycles. The van der Waals surface area contributed by atoms with Gasteiger partial charge in [0.15, 0.2) is 5.69 Å². The van der Waals surface area contributed by atoms with Crippen LogP contribution in [0.1, 0.15) is 16.2 Å². The van der Waals surface area contributed by atoms with E-state index in [4.69, 9.17) is 0 Å². The third kappa shape index (κ3) is 3.65. The van der Waals surface area contributed by atoms with Crippen LogP contribution in [0.5, 0.6) is 0 Å². The van der Waals surface area contributed by atoms with Crippen molar-refractivity contribution in [3.63, 3.8) is 0 Å². The van der Waals surface area contributed by atoms with Crippen LogP contribution in [0.3, 0.4) is 0 Å². The fourth-order valence-electron chi connectivity index (χ4n) is 2.28. The third-order valence-electron chi connectivity index (χ3n) is 3.48. The first-order chi connectivity index (χ1) is 12.0. The molecule has 0 saturated heterocycles. The molecule has 2 aromatic carbocycles. The second-order valence-electron chi connectivity index (χ2n) is 5.18. The Balaban J connectivity index is 1.89. The number of benzene rings is 2. The van der Waals surface area contributed by atoms with E-state index in [-0.39, 0.29) is 11.4 Å². The quantitative estimate of drug-likeness (QED) is 0.374. The molecule has 0 bridgehead atoms. The van der Waals surface area contributed by atoms with E-state index in [9.17, 15) is 14.9 Å². The van der Waals surface area contributed by atoms with Gasteiger partial charge in [-0.25, -0.2) is 4.68 Å². The second kappa shape index (κ2) is 6.97. The molecule has 0 aliphatic heterocycles. The van der Waals surface area contributed by atoms with Gasteiger partial charge in [-0.05, 0) is 53.8 Å². The topological polar surface area (TPSA) is 103 Å². The first kappa shape index (κ1) is 17.0. The predicted molar refractivity (Wildman–Crippen MR) is 99.9 cm³/mol. The van der Waals surface area contributed by atoms with Crippen molar-refractivity contribution in [1.29, 1.82) is 0 Å². The van der Waals surface area contributed by atoms with Crippen LogP contribution in [-0.2, 0) is 0 Å². The minimum atomic E-state index is -0.486. The highest BCUT2D eigenvalue weighted by atomic mass is 127. The van der Waals surface area contributed by atoms with Gasteiger partial charge in [0.05, 0.1) is 16.3 Å². The lowest BCUT2D eigenvalue weighted by Gasteiger charge is -2.05. The molecule has 3 aromatic rings. The normalized spacial score (nSPS) is 10.5. The minimum Gasteiger partial charge on any atom is -0.321 e. The lowest BCUT2D eigenvalue weighted by atomic mass is 10.2. The van der Waals surface area contributed by atoms with Crippen molar-refractivity contribution in [2.75, 3.05) is 5.32 Å². The van der Waals surface area contributed by atoms with Crippen LogP contribution >= 0.6 is 22.6 Å². The maximum absolute atomic E-state index is 12.4. The summed E-state index contributed by atoms with van der Waals surface area (Å²) >= 11 is 2.16. The Labute approximate surface area is 156 Å². The number of non-ortho nitro benzene ring substituents is 1. The van der Waals surface area contributed by atoms with Crippen LogP contribution in [-0.4, -0.2) is 25.8 Å². The Morgan fingerprint density at radius 1 is 1.24 bits per heavy atom. The highest BCUT2D eigenvalue weighted by Gasteiger charge is 2.18. The molecule has 0 radical (unpaired) electrons. The van der Waals surface area contributed by atoms with Crippen molar-refractivity contribution in [1.82, 2.24) is 15.0 Å². The first-order valence-electron chi connectivity index (χ1n) is 7.20. The summed E-state index contributed by atoms with van der Waals surface area (Å²) in [6, 6.07) is 13.4.